The Morgan fingerprint density at radius 2 is 0.880 bits per heavy atom. The van der Waals surface area contributed by atoms with Gasteiger partial charge in [0, 0.05) is 27.9 Å². The van der Waals surface area contributed by atoms with E-state index in [-0.39, 0.29) is 0 Å². The maximum Gasteiger partial charge on any atom is 0.145 e. The Hall–Kier alpha value is -6.64. The van der Waals surface area contributed by atoms with Crippen LogP contribution in [-0.4, -0.2) is 0 Å². The summed E-state index contributed by atoms with van der Waals surface area (Å²) < 4.78 is 6.76. The number of furan rings is 1. The SMILES string of the molecule is c1ccc(-c2ccc(N(c3ccc(-c4ccc5ccccc5c4)cc3)c3ccccc3-c3oc4ccccc4c3-c3ccccc3)cc2)cc1. The van der Waals surface area contributed by atoms with Crippen LogP contribution < -0.4 is 4.90 Å². The molecule has 0 aliphatic carbocycles. The molecule has 0 N–H and O–H groups in total. The van der Waals surface area contributed by atoms with E-state index in [1.54, 1.807) is 0 Å². The first kappa shape index (κ1) is 29.5. The van der Waals surface area contributed by atoms with E-state index < -0.39 is 0 Å². The van der Waals surface area contributed by atoms with Gasteiger partial charge >= 0.3 is 0 Å². The number of para-hydroxylation sites is 2. The van der Waals surface area contributed by atoms with Crippen molar-refractivity contribution in [2.45, 2.75) is 0 Å². The summed E-state index contributed by atoms with van der Waals surface area (Å²) in [4.78, 5) is 2.34. The number of rotatable bonds is 7. The quantitative estimate of drug-likeness (QED) is 0.173. The Bertz CT molecular complexity index is 2570. The third kappa shape index (κ3) is 5.43. The molecule has 0 aliphatic rings. The van der Waals surface area contributed by atoms with Crippen molar-refractivity contribution in [3.63, 3.8) is 0 Å². The maximum absolute atomic E-state index is 6.76. The van der Waals surface area contributed by atoms with Crippen LogP contribution >= 0.6 is 0 Å². The van der Waals surface area contributed by atoms with E-state index in [2.05, 4.69) is 199 Å². The Kier molecular flexibility index (Phi) is 7.53. The monoisotopic (exact) mass is 639 g/mol. The van der Waals surface area contributed by atoms with Gasteiger partial charge in [-0.15, -0.1) is 0 Å². The molecule has 0 saturated heterocycles. The Morgan fingerprint density at radius 1 is 0.360 bits per heavy atom. The van der Waals surface area contributed by atoms with E-state index in [4.69, 9.17) is 4.42 Å². The predicted octanol–water partition coefficient (Wildman–Crippen LogP) is 13.7. The lowest BCUT2D eigenvalue weighted by atomic mass is 9.97. The molecule has 50 heavy (non-hydrogen) atoms. The van der Waals surface area contributed by atoms with Crippen LogP contribution in [0.2, 0.25) is 0 Å². The van der Waals surface area contributed by atoms with Crippen molar-refractivity contribution in [3.8, 4) is 44.7 Å². The highest BCUT2D eigenvalue weighted by atomic mass is 16.3. The van der Waals surface area contributed by atoms with Crippen LogP contribution in [0.3, 0.4) is 0 Å². The summed E-state index contributed by atoms with van der Waals surface area (Å²) >= 11 is 0. The fourth-order valence-corrected chi connectivity index (χ4v) is 7.02. The van der Waals surface area contributed by atoms with Crippen LogP contribution in [-0.2, 0) is 0 Å². The number of anilines is 3. The number of fused-ring (bicyclic) bond motifs is 2. The zero-order chi connectivity index (χ0) is 33.3. The average molecular weight is 640 g/mol. The summed E-state index contributed by atoms with van der Waals surface area (Å²) in [5.41, 5.74) is 12.0. The second kappa shape index (κ2) is 12.8. The summed E-state index contributed by atoms with van der Waals surface area (Å²) in [5.74, 6) is 0.853. The minimum absolute atomic E-state index is 0.853. The highest BCUT2D eigenvalue weighted by Crippen LogP contribution is 2.47. The fraction of sp³-hybridized carbons (Fsp3) is 0. The zero-order valence-electron chi connectivity index (χ0n) is 27.4. The summed E-state index contributed by atoms with van der Waals surface area (Å²) in [6, 6.07) is 70.9. The lowest BCUT2D eigenvalue weighted by Gasteiger charge is -2.28. The van der Waals surface area contributed by atoms with E-state index in [9.17, 15) is 0 Å². The first-order valence-corrected chi connectivity index (χ1v) is 17.0. The minimum atomic E-state index is 0.853. The molecule has 8 aromatic carbocycles. The van der Waals surface area contributed by atoms with Gasteiger partial charge < -0.3 is 9.32 Å². The molecule has 1 aromatic heterocycles. The number of nitrogens with zero attached hydrogens (tertiary/aromatic N) is 1. The van der Waals surface area contributed by atoms with Gasteiger partial charge in [0.15, 0.2) is 0 Å². The zero-order valence-corrected chi connectivity index (χ0v) is 27.4. The molecule has 0 fully saturated rings. The van der Waals surface area contributed by atoms with Crippen LogP contribution in [0.5, 0.6) is 0 Å². The van der Waals surface area contributed by atoms with Gasteiger partial charge in [0.05, 0.1) is 5.69 Å². The second-order valence-corrected chi connectivity index (χ2v) is 12.5. The van der Waals surface area contributed by atoms with Gasteiger partial charge in [0.2, 0.25) is 0 Å². The molecule has 0 bridgehead atoms. The highest BCUT2D eigenvalue weighted by Gasteiger charge is 2.23. The largest absolute Gasteiger partial charge is 0.455 e. The third-order valence-electron chi connectivity index (χ3n) is 9.49. The molecule has 0 atom stereocenters. The molecular formula is C48H33NO. The molecule has 0 amide bonds. The average Bonchev–Trinajstić information content (AvgIpc) is 3.59. The third-order valence-corrected chi connectivity index (χ3v) is 9.49. The van der Waals surface area contributed by atoms with Crippen LogP contribution in [0, 0.1) is 0 Å². The van der Waals surface area contributed by atoms with E-state index in [0.717, 1.165) is 50.5 Å². The normalized spacial score (nSPS) is 11.2. The van der Waals surface area contributed by atoms with Gasteiger partial charge in [-0.1, -0.05) is 152 Å². The molecule has 0 aliphatic heterocycles. The van der Waals surface area contributed by atoms with Crippen LogP contribution in [0.4, 0.5) is 17.1 Å². The first-order valence-electron chi connectivity index (χ1n) is 17.0. The maximum atomic E-state index is 6.76. The van der Waals surface area contributed by atoms with Crippen molar-refractivity contribution in [3.05, 3.63) is 200 Å². The molecule has 9 aromatic rings. The molecular weight excluding hydrogens is 607 g/mol. The van der Waals surface area contributed by atoms with Crippen LogP contribution in [0.1, 0.15) is 0 Å². The number of hydrogen-bond acceptors (Lipinski definition) is 2. The van der Waals surface area contributed by atoms with E-state index in [1.807, 2.05) is 6.07 Å². The topological polar surface area (TPSA) is 16.4 Å². The smallest absolute Gasteiger partial charge is 0.145 e. The first-order chi connectivity index (χ1) is 24.8. The van der Waals surface area contributed by atoms with Gasteiger partial charge in [-0.2, -0.15) is 0 Å². The number of benzene rings is 8. The van der Waals surface area contributed by atoms with Gasteiger partial charge in [0.25, 0.3) is 0 Å². The Labute approximate surface area is 292 Å². The van der Waals surface area contributed by atoms with Gasteiger partial charge in [-0.05, 0) is 87.1 Å². The summed E-state index contributed by atoms with van der Waals surface area (Å²) in [6.07, 6.45) is 0. The molecule has 236 valence electrons. The van der Waals surface area contributed by atoms with E-state index >= 15 is 0 Å². The van der Waals surface area contributed by atoms with Crippen molar-refractivity contribution < 1.29 is 4.42 Å². The molecule has 1 heterocycles. The molecule has 0 saturated carbocycles. The van der Waals surface area contributed by atoms with Gasteiger partial charge in [-0.3, -0.25) is 0 Å². The van der Waals surface area contributed by atoms with Crippen molar-refractivity contribution in [1.29, 1.82) is 0 Å². The predicted molar refractivity (Wildman–Crippen MR) is 210 cm³/mol. The molecule has 2 nitrogen and oxygen atoms in total. The lowest BCUT2D eigenvalue weighted by molar-refractivity contribution is 0.632. The number of hydrogen-bond donors (Lipinski definition) is 0. The molecule has 9 rings (SSSR count). The summed E-state index contributed by atoms with van der Waals surface area (Å²) in [6.45, 7) is 0. The van der Waals surface area contributed by atoms with Crippen molar-refractivity contribution >= 4 is 38.8 Å². The van der Waals surface area contributed by atoms with Crippen LogP contribution in [0.25, 0.3) is 66.4 Å². The van der Waals surface area contributed by atoms with E-state index in [1.165, 1.54) is 33.0 Å². The molecule has 0 radical (unpaired) electrons. The summed E-state index contributed by atoms with van der Waals surface area (Å²) in [7, 11) is 0. The second-order valence-electron chi connectivity index (χ2n) is 12.5. The molecule has 0 spiro atoms. The summed E-state index contributed by atoms with van der Waals surface area (Å²) in [5, 5.41) is 3.58. The lowest BCUT2D eigenvalue weighted by Crippen LogP contribution is -2.11. The Balaban J connectivity index is 1.21. The molecule has 2 heteroatoms. The minimum Gasteiger partial charge on any atom is -0.455 e. The van der Waals surface area contributed by atoms with E-state index in [0.29, 0.717) is 0 Å². The van der Waals surface area contributed by atoms with Gasteiger partial charge in [0.1, 0.15) is 11.3 Å². The van der Waals surface area contributed by atoms with Crippen LogP contribution in [0.15, 0.2) is 205 Å². The van der Waals surface area contributed by atoms with Gasteiger partial charge in [-0.25, -0.2) is 0 Å². The highest BCUT2D eigenvalue weighted by molar-refractivity contribution is 6.04. The van der Waals surface area contributed by atoms with Crippen molar-refractivity contribution in [2.24, 2.45) is 0 Å². The Morgan fingerprint density at radius 3 is 1.60 bits per heavy atom. The van der Waals surface area contributed by atoms with Crippen molar-refractivity contribution in [1.82, 2.24) is 0 Å². The fourth-order valence-electron chi connectivity index (χ4n) is 7.02. The van der Waals surface area contributed by atoms with Crippen molar-refractivity contribution in [2.75, 3.05) is 4.90 Å². The standard InChI is InChI=1S/C48H33NO/c1-3-13-34(14-4-1)36-25-29-41(30-26-36)49(42-31-27-37(28-32-42)40-24-23-35-15-7-8-18-39(35)33-40)45-21-11-9-19-43(45)48-47(38-16-5-2-6-17-38)44-20-10-12-22-46(44)50-48/h1-33H. The molecule has 0 unspecified atom stereocenters.